The van der Waals surface area contributed by atoms with Gasteiger partial charge in [-0.25, -0.2) is 9.97 Å². The minimum absolute atomic E-state index is 0.0242. The van der Waals surface area contributed by atoms with Crippen LogP contribution in [-0.2, 0) is 18.7 Å². The Labute approximate surface area is 177 Å². The van der Waals surface area contributed by atoms with Crippen molar-refractivity contribution in [1.29, 1.82) is 0 Å². The second kappa shape index (κ2) is 9.33. The maximum absolute atomic E-state index is 13.2. The summed E-state index contributed by atoms with van der Waals surface area (Å²) in [5.41, 5.74) is 2.72. The van der Waals surface area contributed by atoms with Gasteiger partial charge in [0.1, 0.15) is 0 Å². The van der Waals surface area contributed by atoms with Gasteiger partial charge in [0, 0.05) is 23.5 Å². The van der Waals surface area contributed by atoms with Gasteiger partial charge in [0.2, 0.25) is 0 Å². The fourth-order valence-electron chi connectivity index (χ4n) is 3.07. The molecule has 0 spiro atoms. The molecule has 1 aromatic carbocycles. The molecule has 4 aromatic rings. The van der Waals surface area contributed by atoms with Crippen molar-refractivity contribution in [2.24, 2.45) is 0 Å². The molecule has 0 aliphatic heterocycles. The summed E-state index contributed by atoms with van der Waals surface area (Å²) in [6.07, 6.45) is 6.89. The maximum Gasteiger partial charge on any atom is 0.262 e. The summed E-state index contributed by atoms with van der Waals surface area (Å²) in [7, 11) is 0. The van der Waals surface area contributed by atoms with E-state index in [0.717, 1.165) is 29.6 Å². The summed E-state index contributed by atoms with van der Waals surface area (Å²) >= 11 is 3.28. The predicted molar refractivity (Wildman–Crippen MR) is 120 cm³/mol. The Morgan fingerprint density at radius 2 is 2.03 bits per heavy atom. The van der Waals surface area contributed by atoms with Crippen LogP contribution >= 0.6 is 23.1 Å². The predicted octanol–water partition coefficient (Wildman–Crippen LogP) is 4.93. The molecule has 148 valence electrons. The van der Waals surface area contributed by atoms with Gasteiger partial charge in [-0.2, -0.15) is 0 Å². The monoisotopic (exact) mass is 422 g/mol. The fraction of sp³-hybridized carbons (Fsp3) is 0.273. The van der Waals surface area contributed by atoms with Crippen LogP contribution in [-0.4, -0.2) is 19.5 Å². The van der Waals surface area contributed by atoms with E-state index in [0.29, 0.717) is 22.8 Å². The van der Waals surface area contributed by atoms with Crippen molar-refractivity contribution in [3.05, 3.63) is 80.8 Å². The van der Waals surface area contributed by atoms with Crippen molar-refractivity contribution >= 4 is 34.0 Å². The van der Waals surface area contributed by atoms with E-state index in [1.807, 2.05) is 36.4 Å². The lowest BCUT2D eigenvalue weighted by atomic mass is 10.2. The second-order valence-electron chi connectivity index (χ2n) is 6.79. The number of thioether (sulfide) groups is 1. The van der Waals surface area contributed by atoms with Crippen LogP contribution in [0.15, 0.2) is 64.1 Å². The summed E-state index contributed by atoms with van der Waals surface area (Å²) in [5, 5.41) is 4.64. The third kappa shape index (κ3) is 4.74. The van der Waals surface area contributed by atoms with Crippen LogP contribution in [0.2, 0.25) is 0 Å². The molecular weight excluding hydrogens is 400 g/mol. The Hall–Kier alpha value is -2.51. The molecule has 0 bridgehead atoms. The molecule has 0 aliphatic rings. The van der Waals surface area contributed by atoms with Crippen LogP contribution in [0.3, 0.4) is 0 Å². The molecular formula is C22H22N4OS2. The van der Waals surface area contributed by atoms with Gasteiger partial charge in [-0.15, -0.1) is 11.3 Å². The Kier molecular flexibility index (Phi) is 6.36. The first kappa shape index (κ1) is 19.8. The van der Waals surface area contributed by atoms with Gasteiger partial charge in [0.05, 0.1) is 28.1 Å². The van der Waals surface area contributed by atoms with Gasteiger partial charge >= 0.3 is 0 Å². The number of nitrogens with zero attached hydrogens (tertiary/aromatic N) is 4. The minimum Gasteiger partial charge on any atom is -0.283 e. The molecule has 29 heavy (non-hydrogen) atoms. The zero-order valence-electron chi connectivity index (χ0n) is 16.2. The molecule has 0 saturated heterocycles. The number of aryl methyl sites for hydroxylation is 1. The van der Waals surface area contributed by atoms with Crippen molar-refractivity contribution in [1.82, 2.24) is 19.5 Å². The van der Waals surface area contributed by atoms with E-state index in [2.05, 4.69) is 17.3 Å². The van der Waals surface area contributed by atoms with E-state index in [1.165, 1.54) is 11.4 Å². The van der Waals surface area contributed by atoms with Gasteiger partial charge in [-0.05, 0) is 36.6 Å². The lowest BCUT2D eigenvalue weighted by Crippen LogP contribution is -2.24. The van der Waals surface area contributed by atoms with Crippen LogP contribution in [0.5, 0.6) is 0 Å². The molecule has 0 amide bonds. The van der Waals surface area contributed by atoms with Crippen molar-refractivity contribution in [3.63, 3.8) is 0 Å². The molecule has 0 radical (unpaired) electrons. The zero-order valence-corrected chi connectivity index (χ0v) is 17.9. The van der Waals surface area contributed by atoms with Crippen LogP contribution in [0.1, 0.15) is 36.0 Å². The van der Waals surface area contributed by atoms with Crippen LogP contribution in [0, 0.1) is 0 Å². The van der Waals surface area contributed by atoms with E-state index in [1.54, 1.807) is 40.1 Å². The average Bonchev–Trinajstić information content (AvgIpc) is 3.21. The zero-order chi connectivity index (χ0) is 20.1. The Morgan fingerprint density at radius 1 is 1.14 bits per heavy atom. The van der Waals surface area contributed by atoms with Crippen LogP contribution in [0.4, 0.5) is 0 Å². The molecule has 0 saturated carbocycles. The highest BCUT2D eigenvalue weighted by Gasteiger charge is 2.13. The van der Waals surface area contributed by atoms with Crippen molar-refractivity contribution in [2.75, 3.05) is 0 Å². The van der Waals surface area contributed by atoms with Crippen LogP contribution in [0.25, 0.3) is 10.9 Å². The molecule has 4 rings (SSSR count). The number of para-hydroxylation sites is 1. The Morgan fingerprint density at radius 3 is 2.86 bits per heavy atom. The van der Waals surface area contributed by atoms with E-state index < -0.39 is 0 Å². The molecule has 3 heterocycles. The number of unbranched alkanes of at least 4 members (excludes halogenated alkanes) is 1. The van der Waals surface area contributed by atoms with E-state index >= 15 is 0 Å². The number of aromatic nitrogens is 4. The van der Waals surface area contributed by atoms with Gasteiger partial charge in [0.25, 0.3) is 5.56 Å². The number of pyridine rings is 1. The summed E-state index contributed by atoms with van der Waals surface area (Å²) in [5.74, 6) is 0.695. The lowest BCUT2D eigenvalue weighted by molar-refractivity contribution is 0.656. The number of hydrogen-bond acceptors (Lipinski definition) is 6. The van der Waals surface area contributed by atoms with Gasteiger partial charge in [0.15, 0.2) is 5.16 Å². The number of hydrogen-bond donors (Lipinski definition) is 0. The normalized spacial score (nSPS) is 11.2. The largest absolute Gasteiger partial charge is 0.283 e. The van der Waals surface area contributed by atoms with E-state index in [9.17, 15) is 4.79 Å². The Balaban J connectivity index is 1.64. The number of fused-ring (bicyclic) bond motifs is 1. The standard InChI is InChI=1S/C22H22N4OS2/c1-2-3-10-20-24-17(14-28-20)15-29-22-25-19-9-5-4-8-18(19)21(27)26(22)13-16-7-6-11-23-12-16/h4-9,11-12,14H,2-3,10,13,15H2,1H3. The molecule has 5 nitrogen and oxygen atoms in total. The van der Waals surface area contributed by atoms with E-state index in [4.69, 9.17) is 9.97 Å². The molecule has 0 N–H and O–H groups in total. The van der Waals surface area contributed by atoms with Crippen molar-refractivity contribution in [3.8, 4) is 0 Å². The van der Waals surface area contributed by atoms with Gasteiger partial charge < -0.3 is 0 Å². The molecule has 3 aromatic heterocycles. The topological polar surface area (TPSA) is 60.7 Å². The third-order valence-corrected chi connectivity index (χ3v) is 6.55. The minimum atomic E-state index is -0.0242. The van der Waals surface area contributed by atoms with Crippen molar-refractivity contribution in [2.45, 2.75) is 43.6 Å². The quantitative estimate of drug-likeness (QED) is 0.298. The average molecular weight is 423 g/mol. The smallest absolute Gasteiger partial charge is 0.262 e. The molecule has 7 heteroatoms. The third-order valence-electron chi connectivity index (χ3n) is 4.58. The first-order valence-corrected chi connectivity index (χ1v) is 11.6. The highest BCUT2D eigenvalue weighted by Crippen LogP contribution is 2.24. The number of benzene rings is 1. The maximum atomic E-state index is 13.2. The van der Waals surface area contributed by atoms with Crippen LogP contribution < -0.4 is 5.56 Å². The summed E-state index contributed by atoms with van der Waals surface area (Å²) < 4.78 is 1.74. The summed E-state index contributed by atoms with van der Waals surface area (Å²) in [6.45, 7) is 2.64. The number of rotatable bonds is 8. The Bertz CT molecular complexity index is 1150. The summed E-state index contributed by atoms with van der Waals surface area (Å²) in [6, 6.07) is 11.4. The lowest BCUT2D eigenvalue weighted by Gasteiger charge is -2.12. The number of thiazole rings is 1. The molecule has 0 unspecified atom stereocenters. The summed E-state index contributed by atoms with van der Waals surface area (Å²) in [4.78, 5) is 26.9. The van der Waals surface area contributed by atoms with Crippen molar-refractivity contribution < 1.29 is 0 Å². The second-order valence-corrected chi connectivity index (χ2v) is 8.67. The van der Waals surface area contributed by atoms with Gasteiger partial charge in [-0.3, -0.25) is 14.3 Å². The first-order chi connectivity index (χ1) is 14.2. The van der Waals surface area contributed by atoms with E-state index in [-0.39, 0.29) is 5.56 Å². The SMILES string of the molecule is CCCCc1nc(CSc2nc3ccccc3c(=O)n2Cc2cccnc2)cs1. The molecule has 0 aliphatic carbocycles. The highest BCUT2D eigenvalue weighted by molar-refractivity contribution is 7.98. The highest BCUT2D eigenvalue weighted by atomic mass is 32.2. The van der Waals surface area contributed by atoms with Gasteiger partial charge in [-0.1, -0.05) is 43.3 Å². The molecule has 0 atom stereocenters. The first-order valence-electron chi connectivity index (χ1n) is 9.69. The molecule has 0 fully saturated rings. The fourth-order valence-corrected chi connectivity index (χ4v) is 4.90.